The lowest BCUT2D eigenvalue weighted by molar-refractivity contribution is -0.306. The quantitative estimate of drug-likeness (QED) is 0.0838. The second-order valence-electron chi connectivity index (χ2n) is 11.8. The maximum absolute atomic E-state index is 12.7. The summed E-state index contributed by atoms with van der Waals surface area (Å²) in [6, 6.07) is -3.04. The zero-order valence-electron chi connectivity index (χ0n) is 23.9. The number of amidine groups is 2. The van der Waals surface area contributed by atoms with Gasteiger partial charge in [0, 0.05) is 6.04 Å². The third-order valence-corrected chi connectivity index (χ3v) is 8.31. The van der Waals surface area contributed by atoms with Gasteiger partial charge in [0.15, 0.2) is 18.2 Å². The third kappa shape index (κ3) is 7.19. The van der Waals surface area contributed by atoms with Crippen LogP contribution in [0.25, 0.3) is 0 Å². The molecule has 1 aliphatic carbocycles. The van der Waals surface area contributed by atoms with Gasteiger partial charge >= 0.3 is 0 Å². The normalized spacial score (nSPS) is 44.9. The first-order valence-corrected chi connectivity index (χ1v) is 14.1. The standard InChI is InChI=1S/C25H46FN7O9/c1-24(36)8-39-22(17(35)20(24)31-2)42-19-14(33-23(30)25(37)9-38-10-25)5-13(28)18(16(19)34)41-21-12(27)4-3-11(40-21)7-32-15(29)6-26/h11-14,16-22,31,34-37H,3-10,27-28H2,1-2H3,(H2,29,32)(H2,30,33). The van der Waals surface area contributed by atoms with Crippen LogP contribution in [0.1, 0.15) is 26.2 Å². The van der Waals surface area contributed by atoms with E-state index in [2.05, 4.69) is 15.3 Å². The summed E-state index contributed by atoms with van der Waals surface area (Å²) in [7, 11) is 1.58. The van der Waals surface area contributed by atoms with E-state index in [0.717, 1.165) is 0 Å². The molecule has 0 radical (unpaired) electrons. The first kappa shape index (κ1) is 33.3. The summed E-state index contributed by atoms with van der Waals surface area (Å²) < 4.78 is 41.7. The Balaban J connectivity index is 1.54. The van der Waals surface area contributed by atoms with Crippen LogP contribution in [0.15, 0.2) is 9.98 Å². The Morgan fingerprint density at radius 2 is 1.71 bits per heavy atom. The van der Waals surface area contributed by atoms with Crippen LogP contribution in [0.4, 0.5) is 4.39 Å². The number of likely N-dealkylation sites (N-methyl/N-ethyl adjacent to an activating group) is 1. The molecule has 0 spiro atoms. The van der Waals surface area contributed by atoms with Gasteiger partial charge in [-0.1, -0.05) is 0 Å². The zero-order valence-corrected chi connectivity index (χ0v) is 23.9. The van der Waals surface area contributed by atoms with Gasteiger partial charge in [-0.15, -0.1) is 0 Å². The zero-order chi connectivity index (χ0) is 30.8. The lowest BCUT2D eigenvalue weighted by atomic mass is 9.83. The molecule has 4 fully saturated rings. The SMILES string of the molecule is CNC1C(O)C(OC2C(N=C(N)C3(O)COC3)CC(N)C(OC3OC(CN=C(N)CF)CCC3N)C2O)OCC1(C)O. The highest BCUT2D eigenvalue weighted by Gasteiger charge is 2.52. The van der Waals surface area contributed by atoms with E-state index >= 15 is 0 Å². The van der Waals surface area contributed by atoms with Crippen molar-refractivity contribution in [1.29, 1.82) is 0 Å². The van der Waals surface area contributed by atoms with E-state index < -0.39 is 85.1 Å². The van der Waals surface area contributed by atoms with Crippen molar-refractivity contribution in [2.75, 3.05) is 40.1 Å². The second-order valence-corrected chi connectivity index (χ2v) is 11.8. The van der Waals surface area contributed by atoms with Crippen molar-refractivity contribution in [3.63, 3.8) is 0 Å². The summed E-state index contributed by atoms with van der Waals surface area (Å²) in [5.41, 5.74) is 21.5. The molecule has 1 saturated carbocycles. The molecule has 242 valence electrons. The minimum Gasteiger partial charge on any atom is -0.388 e. The van der Waals surface area contributed by atoms with Crippen LogP contribution in [-0.2, 0) is 23.7 Å². The van der Waals surface area contributed by atoms with Crippen molar-refractivity contribution < 1.29 is 48.5 Å². The molecule has 17 heteroatoms. The van der Waals surface area contributed by atoms with Gasteiger partial charge in [-0.3, -0.25) is 9.98 Å². The minimum atomic E-state index is -1.46. The fourth-order valence-corrected chi connectivity index (χ4v) is 5.71. The van der Waals surface area contributed by atoms with Gasteiger partial charge < -0.3 is 72.4 Å². The van der Waals surface area contributed by atoms with E-state index in [0.29, 0.717) is 12.8 Å². The molecule has 3 saturated heterocycles. The Kier molecular flexibility index (Phi) is 10.8. The largest absolute Gasteiger partial charge is 0.388 e. The second kappa shape index (κ2) is 13.6. The molecule has 12 unspecified atom stereocenters. The fourth-order valence-electron chi connectivity index (χ4n) is 5.71. The van der Waals surface area contributed by atoms with Gasteiger partial charge in [0.05, 0.1) is 50.6 Å². The van der Waals surface area contributed by atoms with Crippen LogP contribution >= 0.6 is 0 Å². The van der Waals surface area contributed by atoms with Crippen LogP contribution in [0, 0.1) is 0 Å². The molecular formula is C25H46FN7O9. The summed E-state index contributed by atoms with van der Waals surface area (Å²) in [5, 5.41) is 46.7. The Labute approximate surface area is 243 Å². The Morgan fingerprint density at radius 1 is 1.02 bits per heavy atom. The summed E-state index contributed by atoms with van der Waals surface area (Å²) in [4.78, 5) is 8.42. The van der Waals surface area contributed by atoms with Gasteiger partial charge in [-0.2, -0.15) is 0 Å². The molecule has 12 atom stereocenters. The van der Waals surface area contributed by atoms with Crippen molar-refractivity contribution >= 4 is 11.7 Å². The van der Waals surface area contributed by atoms with Crippen molar-refractivity contribution in [1.82, 2.24) is 5.32 Å². The molecule has 0 aromatic carbocycles. The van der Waals surface area contributed by atoms with Crippen LogP contribution in [-0.4, -0.2) is 151 Å². The number of halogens is 1. The van der Waals surface area contributed by atoms with Gasteiger partial charge in [0.2, 0.25) is 0 Å². The molecule has 4 aliphatic rings. The first-order chi connectivity index (χ1) is 19.8. The summed E-state index contributed by atoms with van der Waals surface area (Å²) in [5.74, 6) is -0.255. The van der Waals surface area contributed by atoms with Crippen molar-refractivity contribution in [2.24, 2.45) is 32.9 Å². The summed E-state index contributed by atoms with van der Waals surface area (Å²) >= 11 is 0. The monoisotopic (exact) mass is 607 g/mol. The number of aliphatic hydroxyl groups is 4. The van der Waals surface area contributed by atoms with E-state index in [1.54, 1.807) is 7.05 Å². The van der Waals surface area contributed by atoms with E-state index in [9.17, 15) is 24.8 Å². The third-order valence-electron chi connectivity index (χ3n) is 8.31. The lowest BCUT2D eigenvalue weighted by Gasteiger charge is -2.48. The fraction of sp³-hybridized carbons (Fsp3) is 0.920. The molecule has 0 aromatic heterocycles. The topological polar surface area (TPSA) is 268 Å². The van der Waals surface area contributed by atoms with Gasteiger partial charge in [-0.05, 0) is 33.2 Å². The van der Waals surface area contributed by atoms with Crippen molar-refractivity contribution in [3.05, 3.63) is 0 Å². The molecule has 16 nitrogen and oxygen atoms in total. The highest BCUT2D eigenvalue weighted by molar-refractivity contribution is 5.90. The Morgan fingerprint density at radius 3 is 2.33 bits per heavy atom. The maximum atomic E-state index is 12.7. The average molecular weight is 608 g/mol. The predicted molar refractivity (Wildman–Crippen MR) is 147 cm³/mol. The van der Waals surface area contributed by atoms with Crippen LogP contribution in [0.3, 0.4) is 0 Å². The van der Waals surface area contributed by atoms with Gasteiger partial charge in [0.1, 0.15) is 48.4 Å². The highest BCUT2D eigenvalue weighted by atomic mass is 19.1. The number of nitrogens with two attached hydrogens (primary N) is 4. The molecule has 0 amide bonds. The van der Waals surface area contributed by atoms with E-state index in [1.165, 1.54) is 6.92 Å². The highest BCUT2D eigenvalue weighted by Crippen LogP contribution is 2.34. The van der Waals surface area contributed by atoms with Crippen LogP contribution in [0.5, 0.6) is 0 Å². The molecular weight excluding hydrogens is 561 g/mol. The number of aliphatic imine (C=N–C) groups is 2. The smallest absolute Gasteiger partial charge is 0.185 e. The van der Waals surface area contributed by atoms with Gasteiger partial charge in [-0.25, -0.2) is 4.39 Å². The summed E-state index contributed by atoms with van der Waals surface area (Å²) in [6.45, 7) is 0.508. The van der Waals surface area contributed by atoms with Gasteiger partial charge in [0.25, 0.3) is 0 Å². The van der Waals surface area contributed by atoms with E-state index in [4.69, 9.17) is 46.6 Å². The van der Waals surface area contributed by atoms with Crippen molar-refractivity contribution in [3.8, 4) is 0 Å². The van der Waals surface area contributed by atoms with Crippen LogP contribution < -0.4 is 28.3 Å². The summed E-state index contributed by atoms with van der Waals surface area (Å²) in [6.07, 6.45) is -6.55. The van der Waals surface area contributed by atoms with Crippen molar-refractivity contribution in [2.45, 2.75) is 105 Å². The molecule has 3 aliphatic heterocycles. The minimum absolute atomic E-state index is 0.0383. The number of nitrogens with one attached hydrogen (secondary N) is 1. The Bertz CT molecular complexity index is 975. The molecule has 42 heavy (non-hydrogen) atoms. The molecule has 3 heterocycles. The number of aliphatic hydroxyl groups excluding tert-OH is 2. The first-order valence-electron chi connectivity index (χ1n) is 14.1. The van der Waals surface area contributed by atoms with Crippen LogP contribution in [0.2, 0.25) is 0 Å². The number of ether oxygens (including phenoxy) is 5. The average Bonchev–Trinajstić information content (AvgIpc) is 2.92. The number of hydrogen-bond acceptors (Lipinski definition) is 14. The number of hydrogen-bond donors (Lipinski definition) is 9. The maximum Gasteiger partial charge on any atom is 0.185 e. The number of rotatable bonds is 10. The molecule has 0 bridgehead atoms. The number of nitrogens with zero attached hydrogens (tertiary/aromatic N) is 2. The molecule has 4 rings (SSSR count). The van der Waals surface area contributed by atoms with E-state index in [1.807, 2.05) is 0 Å². The Hall–Kier alpha value is -1.61. The molecule has 13 N–H and O–H groups in total. The van der Waals surface area contributed by atoms with E-state index in [-0.39, 0.29) is 44.5 Å². The molecule has 0 aromatic rings. The predicted octanol–water partition coefficient (Wildman–Crippen LogP) is -4.45. The number of alkyl halides is 1. The lowest BCUT2D eigenvalue weighted by Crippen LogP contribution is -2.68.